The van der Waals surface area contributed by atoms with Gasteiger partial charge in [0, 0.05) is 6.07 Å². The van der Waals surface area contributed by atoms with Crippen LogP contribution >= 0.6 is 0 Å². The minimum Gasteiger partial charge on any atom is -0.497 e. The summed E-state index contributed by atoms with van der Waals surface area (Å²) in [6.07, 6.45) is 5.94. The van der Waals surface area contributed by atoms with Crippen molar-refractivity contribution >= 4 is 29.6 Å². The number of nitrogens with zero attached hydrogens (tertiary/aromatic N) is 1. The summed E-state index contributed by atoms with van der Waals surface area (Å²) in [6, 6.07) is 9.07. The molecule has 2 aromatic rings. The maximum atomic E-state index is 12.6. The number of hydrogen-bond acceptors (Lipinski definition) is 5. The quantitative estimate of drug-likeness (QED) is 0.683. The number of rotatable bonds is 4. The lowest BCUT2D eigenvalue weighted by Crippen LogP contribution is -2.54. The fourth-order valence-electron chi connectivity index (χ4n) is 2.29. The molecule has 0 unspecified atom stereocenters. The number of carbonyl (C=O) groups excluding carboxylic acids is 3. The van der Waals surface area contributed by atoms with Gasteiger partial charge in [-0.25, -0.2) is 9.69 Å². The van der Waals surface area contributed by atoms with Crippen LogP contribution in [0.1, 0.15) is 5.76 Å². The third-order valence-electron chi connectivity index (χ3n) is 3.48. The van der Waals surface area contributed by atoms with Crippen LogP contribution in [-0.2, 0) is 9.59 Å². The number of nitrogens with one attached hydrogen (secondary N) is 1. The van der Waals surface area contributed by atoms with Gasteiger partial charge in [-0.15, -0.1) is 0 Å². The summed E-state index contributed by atoms with van der Waals surface area (Å²) in [6.45, 7) is 0. The Hall–Kier alpha value is -3.61. The van der Waals surface area contributed by atoms with Crippen molar-refractivity contribution < 1.29 is 23.5 Å². The minimum atomic E-state index is -0.810. The molecule has 1 aromatic carbocycles. The molecule has 1 aliphatic rings. The highest BCUT2D eigenvalue weighted by Crippen LogP contribution is 2.24. The van der Waals surface area contributed by atoms with Gasteiger partial charge in [-0.05, 0) is 36.4 Å². The lowest BCUT2D eigenvalue weighted by atomic mass is 10.1. The van der Waals surface area contributed by atoms with Crippen LogP contribution in [0, 0.1) is 0 Å². The number of amides is 4. The predicted molar refractivity (Wildman–Crippen MR) is 89.8 cm³/mol. The van der Waals surface area contributed by atoms with Gasteiger partial charge in [0.05, 0.1) is 19.1 Å². The number of barbiturate groups is 1. The minimum absolute atomic E-state index is 0.162. The number of hydrogen-bond donors (Lipinski definition) is 1. The Morgan fingerprint density at radius 1 is 1.16 bits per heavy atom. The summed E-state index contributed by atoms with van der Waals surface area (Å²) >= 11 is 0. The van der Waals surface area contributed by atoms with Crippen LogP contribution in [0.3, 0.4) is 0 Å². The Morgan fingerprint density at radius 2 is 2.00 bits per heavy atom. The number of carbonyl (C=O) groups is 3. The summed E-state index contributed by atoms with van der Waals surface area (Å²) in [5, 5.41) is 2.15. The number of allylic oxidation sites excluding steroid dienone is 2. The van der Waals surface area contributed by atoms with Crippen LogP contribution in [0.25, 0.3) is 6.08 Å². The van der Waals surface area contributed by atoms with E-state index in [0.717, 1.165) is 4.90 Å². The molecule has 0 saturated carbocycles. The fraction of sp³-hybridized carbons (Fsp3) is 0.0556. The van der Waals surface area contributed by atoms with Crippen LogP contribution in [0.5, 0.6) is 5.75 Å². The molecule has 126 valence electrons. The van der Waals surface area contributed by atoms with Crippen LogP contribution in [0.4, 0.5) is 10.5 Å². The van der Waals surface area contributed by atoms with Gasteiger partial charge in [-0.3, -0.25) is 14.9 Å². The number of imide groups is 2. The molecule has 4 amide bonds. The van der Waals surface area contributed by atoms with Gasteiger partial charge in [-0.2, -0.15) is 0 Å². The molecule has 0 atom stereocenters. The Kier molecular flexibility index (Phi) is 4.47. The Bertz CT molecular complexity index is 881. The number of anilines is 1. The first kappa shape index (κ1) is 16.3. The van der Waals surface area contributed by atoms with Crippen molar-refractivity contribution in [1.29, 1.82) is 0 Å². The van der Waals surface area contributed by atoms with Gasteiger partial charge >= 0.3 is 6.03 Å². The van der Waals surface area contributed by atoms with Crippen molar-refractivity contribution in [3.8, 4) is 5.75 Å². The van der Waals surface area contributed by atoms with E-state index < -0.39 is 17.8 Å². The van der Waals surface area contributed by atoms with Gasteiger partial charge < -0.3 is 9.15 Å². The number of benzene rings is 1. The van der Waals surface area contributed by atoms with Crippen molar-refractivity contribution in [1.82, 2.24) is 5.32 Å². The highest BCUT2D eigenvalue weighted by atomic mass is 16.5. The summed E-state index contributed by atoms with van der Waals surface area (Å²) in [7, 11) is 1.48. The molecule has 7 heteroatoms. The van der Waals surface area contributed by atoms with Crippen molar-refractivity contribution in [3.05, 3.63) is 66.1 Å². The number of ether oxygens (including phenoxy) is 1. The van der Waals surface area contributed by atoms with Gasteiger partial charge in [0.25, 0.3) is 11.8 Å². The molecule has 1 N–H and O–H groups in total. The molecule has 1 aliphatic heterocycles. The second-order valence-corrected chi connectivity index (χ2v) is 5.06. The largest absolute Gasteiger partial charge is 0.497 e. The van der Waals surface area contributed by atoms with E-state index >= 15 is 0 Å². The zero-order chi connectivity index (χ0) is 17.8. The first-order valence-corrected chi connectivity index (χ1v) is 7.36. The van der Waals surface area contributed by atoms with Crippen molar-refractivity contribution in [2.75, 3.05) is 12.0 Å². The van der Waals surface area contributed by atoms with E-state index in [-0.39, 0.29) is 5.57 Å². The molecular formula is C18H14N2O5. The number of furan rings is 1. The molecule has 0 bridgehead atoms. The van der Waals surface area contributed by atoms with E-state index in [9.17, 15) is 14.4 Å². The van der Waals surface area contributed by atoms with Crippen molar-refractivity contribution in [2.45, 2.75) is 0 Å². The van der Waals surface area contributed by atoms with Gasteiger partial charge in [0.15, 0.2) is 0 Å². The van der Waals surface area contributed by atoms with Crippen LogP contribution < -0.4 is 15.0 Å². The average molecular weight is 338 g/mol. The molecule has 7 nitrogen and oxygen atoms in total. The normalized spacial score (nSPS) is 16.6. The molecular weight excluding hydrogens is 324 g/mol. The molecule has 0 radical (unpaired) electrons. The van der Waals surface area contributed by atoms with Crippen LogP contribution in [0.2, 0.25) is 0 Å². The lowest BCUT2D eigenvalue weighted by molar-refractivity contribution is -0.122. The fourth-order valence-corrected chi connectivity index (χ4v) is 2.29. The zero-order valence-corrected chi connectivity index (χ0v) is 13.3. The molecule has 25 heavy (non-hydrogen) atoms. The Balaban J connectivity index is 1.91. The topological polar surface area (TPSA) is 88.8 Å². The van der Waals surface area contributed by atoms with Crippen molar-refractivity contribution in [3.63, 3.8) is 0 Å². The third-order valence-corrected chi connectivity index (χ3v) is 3.48. The van der Waals surface area contributed by atoms with Crippen LogP contribution in [0.15, 0.2) is 64.8 Å². The third kappa shape index (κ3) is 3.35. The molecule has 1 aromatic heterocycles. The van der Waals surface area contributed by atoms with E-state index in [1.165, 1.54) is 31.6 Å². The Labute approximate surface area is 143 Å². The van der Waals surface area contributed by atoms with Gasteiger partial charge in [-0.1, -0.05) is 12.1 Å². The molecule has 1 fully saturated rings. The van der Waals surface area contributed by atoms with E-state index in [1.807, 2.05) is 0 Å². The maximum Gasteiger partial charge on any atom is 0.335 e. The highest BCUT2D eigenvalue weighted by molar-refractivity contribution is 6.37. The number of urea groups is 1. The molecule has 1 saturated heterocycles. The standard InChI is InChI=1S/C18H14N2O5/c1-24-14-7-2-5-12(11-14)20-17(22)15(16(21)19-18(20)23)9-3-6-13-8-4-10-25-13/h2-11H,1H3,(H,19,21,23). The smallest absolute Gasteiger partial charge is 0.335 e. The van der Waals surface area contributed by atoms with Crippen molar-refractivity contribution in [2.24, 2.45) is 0 Å². The van der Waals surface area contributed by atoms with Crippen LogP contribution in [-0.4, -0.2) is 25.0 Å². The monoisotopic (exact) mass is 338 g/mol. The molecule has 2 heterocycles. The van der Waals surface area contributed by atoms with E-state index in [2.05, 4.69) is 5.32 Å². The summed E-state index contributed by atoms with van der Waals surface area (Å²) in [5.74, 6) is -0.413. The number of methoxy groups -OCH3 is 1. The van der Waals surface area contributed by atoms with Gasteiger partial charge in [0.1, 0.15) is 17.1 Å². The summed E-state index contributed by atoms with van der Waals surface area (Å²) < 4.78 is 10.2. The molecule has 0 aliphatic carbocycles. The van der Waals surface area contributed by atoms with Gasteiger partial charge in [0.2, 0.25) is 0 Å². The van der Waals surface area contributed by atoms with E-state index in [4.69, 9.17) is 9.15 Å². The summed E-state index contributed by atoms with van der Waals surface area (Å²) in [4.78, 5) is 37.6. The maximum absolute atomic E-state index is 12.6. The highest BCUT2D eigenvalue weighted by Gasteiger charge is 2.36. The first-order valence-electron chi connectivity index (χ1n) is 7.36. The summed E-state index contributed by atoms with van der Waals surface area (Å²) in [5.41, 5.74) is 0.139. The second kappa shape index (κ2) is 6.88. The molecule has 0 spiro atoms. The van der Waals surface area contributed by atoms with E-state index in [1.54, 1.807) is 36.4 Å². The molecule has 3 rings (SSSR count). The lowest BCUT2D eigenvalue weighted by Gasteiger charge is -2.26. The average Bonchev–Trinajstić information content (AvgIpc) is 3.11. The predicted octanol–water partition coefficient (Wildman–Crippen LogP) is 2.51. The second-order valence-electron chi connectivity index (χ2n) is 5.06. The zero-order valence-electron chi connectivity index (χ0n) is 13.3. The SMILES string of the molecule is COc1cccc(N2C(=O)NC(=O)C(=CC=Cc3ccco3)C2=O)c1. The van der Waals surface area contributed by atoms with E-state index in [0.29, 0.717) is 17.2 Å². The first-order chi connectivity index (χ1) is 12.1. The Morgan fingerprint density at radius 3 is 2.72 bits per heavy atom.